The Morgan fingerprint density at radius 2 is 2.35 bits per heavy atom. The number of imidazole rings is 1. The fourth-order valence-corrected chi connectivity index (χ4v) is 4.04. The number of halogens is 1. The summed E-state index contributed by atoms with van der Waals surface area (Å²) in [4.78, 5) is 20.3. The molecular formula is C18H18BrN3O. The van der Waals surface area contributed by atoms with Crippen molar-refractivity contribution in [3.63, 3.8) is 0 Å². The maximum Gasteiger partial charge on any atom is 0.198 e. The van der Waals surface area contributed by atoms with Crippen LogP contribution in [0.1, 0.15) is 47.1 Å². The molecule has 118 valence electrons. The molecule has 1 aromatic carbocycles. The zero-order valence-corrected chi connectivity index (χ0v) is 14.6. The zero-order valence-electron chi connectivity index (χ0n) is 13.0. The van der Waals surface area contributed by atoms with E-state index in [0.29, 0.717) is 12.2 Å². The fourth-order valence-electron chi connectivity index (χ4n) is 3.68. The molecule has 0 fully saturated rings. The molecule has 1 aliphatic rings. The molecule has 4 nitrogen and oxygen atoms in total. The summed E-state index contributed by atoms with van der Waals surface area (Å²) < 4.78 is 2.90. The molecule has 4 rings (SSSR count). The number of nitrogens with one attached hydrogen (secondary N) is 1. The van der Waals surface area contributed by atoms with E-state index < -0.39 is 0 Å². The molecule has 5 heteroatoms. The molecule has 2 aromatic heterocycles. The zero-order chi connectivity index (χ0) is 16.0. The number of hydrogen-bond acceptors (Lipinski definition) is 2. The van der Waals surface area contributed by atoms with Crippen LogP contribution in [0.4, 0.5) is 0 Å². The number of aromatic amines is 1. The molecule has 0 bridgehead atoms. The lowest BCUT2D eigenvalue weighted by Crippen LogP contribution is -2.16. The maximum atomic E-state index is 12.6. The second-order valence-electron chi connectivity index (χ2n) is 6.29. The number of aromatic nitrogens is 3. The van der Waals surface area contributed by atoms with E-state index in [1.54, 1.807) is 10.8 Å². The number of benzene rings is 1. The van der Waals surface area contributed by atoms with Gasteiger partial charge in [0.15, 0.2) is 11.6 Å². The molecule has 1 N–H and O–H groups in total. The van der Waals surface area contributed by atoms with Crippen molar-refractivity contribution in [2.75, 3.05) is 0 Å². The first-order chi connectivity index (χ1) is 11.1. The van der Waals surface area contributed by atoms with Gasteiger partial charge in [0.1, 0.15) is 0 Å². The van der Waals surface area contributed by atoms with Crippen molar-refractivity contribution < 1.29 is 4.79 Å². The van der Waals surface area contributed by atoms with Crippen LogP contribution in [-0.4, -0.2) is 20.3 Å². The van der Waals surface area contributed by atoms with E-state index in [-0.39, 0.29) is 11.7 Å². The van der Waals surface area contributed by atoms with Crippen LogP contribution in [0.25, 0.3) is 10.9 Å². The van der Waals surface area contributed by atoms with Gasteiger partial charge in [0.2, 0.25) is 0 Å². The molecule has 0 unspecified atom stereocenters. The molecule has 0 saturated carbocycles. The first-order valence-electron chi connectivity index (χ1n) is 7.94. The second kappa shape index (κ2) is 5.64. The van der Waals surface area contributed by atoms with Crippen LogP contribution >= 0.6 is 15.9 Å². The minimum Gasteiger partial charge on any atom is -0.358 e. The van der Waals surface area contributed by atoms with E-state index in [1.807, 2.05) is 13.2 Å². The lowest BCUT2D eigenvalue weighted by Gasteiger charge is -2.22. The van der Waals surface area contributed by atoms with E-state index in [2.05, 4.69) is 44.1 Å². The average molecular weight is 372 g/mol. The maximum absolute atomic E-state index is 12.6. The SMILES string of the molecule is Cn1ccnc1C(=O)C[C@@H]1CCCc2c1[nH]c1ccc(Br)cc21. The number of Topliss-reactive ketones (excluding diaryl/α,β-unsaturated/α-hetero) is 1. The Balaban J connectivity index is 1.69. The van der Waals surface area contributed by atoms with E-state index in [4.69, 9.17) is 0 Å². The average Bonchev–Trinajstić information content (AvgIpc) is 3.11. The Bertz CT molecular complexity index is 893. The van der Waals surface area contributed by atoms with Crippen molar-refractivity contribution in [1.29, 1.82) is 0 Å². The molecule has 0 radical (unpaired) electrons. The second-order valence-corrected chi connectivity index (χ2v) is 7.20. The third kappa shape index (κ3) is 2.53. The Hall–Kier alpha value is -1.88. The third-order valence-electron chi connectivity index (χ3n) is 4.79. The summed E-state index contributed by atoms with van der Waals surface area (Å²) in [6.07, 6.45) is 7.28. The van der Waals surface area contributed by atoms with Gasteiger partial charge in [0.05, 0.1) is 0 Å². The molecule has 0 saturated heterocycles. The Kier molecular flexibility index (Phi) is 3.60. The standard InChI is InChI=1S/C18H18BrN3O/c1-22-8-7-20-18(22)16(23)9-11-3-2-4-13-14-10-12(19)5-6-15(14)21-17(11)13/h5-8,10-11,21H,2-4,9H2,1H3/t11-/m0/s1. The third-order valence-corrected chi connectivity index (χ3v) is 5.28. The molecule has 0 spiro atoms. The summed E-state index contributed by atoms with van der Waals surface area (Å²) in [5.74, 6) is 0.931. The molecule has 0 aliphatic heterocycles. The monoisotopic (exact) mass is 371 g/mol. The highest BCUT2D eigenvalue weighted by molar-refractivity contribution is 9.10. The molecule has 1 aliphatic carbocycles. The number of nitrogens with zero attached hydrogens (tertiary/aromatic N) is 2. The van der Waals surface area contributed by atoms with Crippen molar-refractivity contribution >= 4 is 32.6 Å². The number of H-pyrrole nitrogens is 1. The summed E-state index contributed by atoms with van der Waals surface area (Å²) in [6.45, 7) is 0. The fraction of sp³-hybridized carbons (Fsp3) is 0.333. The highest BCUT2D eigenvalue weighted by atomic mass is 79.9. The van der Waals surface area contributed by atoms with Crippen LogP contribution in [0.2, 0.25) is 0 Å². The van der Waals surface area contributed by atoms with Crippen molar-refractivity contribution in [3.8, 4) is 0 Å². The minimum absolute atomic E-state index is 0.121. The normalized spacial score (nSPS) is 17.4. The lowest BCUT2D eigenvalue weighted by molar-refractivity contribution is 0.0957. The highest BCUT2D eigenvalue weighted by Crippen LogP contribution is 2.38. The number of hydrogen-bond donors (Lipinski definition) is 1. The van der Waals surface area contributed by atoms with Crippen molar-refractivity contribution in [2.45, 2.75) is 31.6 Å². The van der Waals surface area contributed by atoms with Gasteiger partial charge in [-0.15, -0.1) is 0 Å². The summed E-state index contributed by atoms with van der Waals surface area (Å²) in [5.41, 5.74) is 3.78. The van der Waals surface area contributed by atoms with Gasteiger partial charge in [0.25, 0.3) is 0 Å². The van der Waals surface area contributed by atoms with E-state index in [1.165, 1.54) is 16.6 Å². The number of aryl methyl sites for hydroxylation is 2. The van der Waals surface area contributed by atoms with Gasteiger partial charge in [-0.3, -0.25) is 4.79 Å². The summed E-state index contributed by atoms with van der Waals surface area (Å²) in [6, 6.07) is 6.33. The Morgan fingerprint density at radius 1 is 1.48 bits per heavy atom. The lowest BCUT2D eigenvalue weighted by atomic mass is 9.84. The predicted molar refractivity (Wildman–Crippen MR) is 93.8 cm³/mol. The number of carbonyl (C=O) groups excluding carboxylic acids is 1. The molecule has 23 heavy (non-hydrogen) atoms. The van der Waals surface area contributed by atoms with Crippen molar-refractivity contribution in [2.24, 2.45) is 7.05 Å². The number of fused-ring (bicyclic) bond motifs is 3. The molecule has 3 aromatic rings. The summed E-state index contributed by atoms with van der Waals surface area (Å²) in [7, 11) is 1.87. The highest BCUT2D eigenvalue weighted by Gasteiger charge is 2.27. The van der Waals surface area contributed by atoms with E-state index in [0.717, 1.165) is 29.3 Å². The number of rotatable bonds is 3. The topological polar surface area (TPSA) is 50.7 Å². The quantitative estimate of drug-likeness (QED) is 0.695. The van der Waals surface area contributed by atoms with E-state index in [9.17, 15) is 4.79 Å². The minimum atomic E-state index is 0.121. The largest absolute Gasteiger partial charge is 0.358 e. The van der Waals surface area contributed by atoms with Crippen LogP contribution in [0, 0.1) is 0 Å². The van der Waals surface area contributed by atoms with Crippen LogP contribution < -0.4 is 0 Å². The smallest absolute Gasteiger partial charge is 0.198 e. The van der Waals surface area contributed by atoms with Crippen LogP contribution in [0.3, 0.4) is 0 Å². The molecule has 2 heterocycles. The Labute approximate surface area is 143 Å². The van der Waals surface area contributed by atoms with Gasteiger partial charge < -0.3 is 9.55 Å². The van der Waals surface area contributed by atoms with Crippen LogP contribution in [-0.2, 0) is 13.5 Å². The van der Waals surface area contributed by atoms with Crippen molar-refractivity contribution in [3.05, 3.63) is 52.1 Å². The van der Waals surface area contributed by atoms with Crippen LogP contribution in [0.5, 0.6) is 0 Å². The summed E-state index contributed by atoms with van der Waals surface area (Å²) in [5, 5.41) is 1.28. The van der Waals surface area contributed by atoms with Gasteiger partial charge in [0, 0.05) is 52.8 Å². The van der Waals surface area contributed by atoms with Gasteiger partial charge in [-0.25, -0.2) is 4.98 Å². The van der Waals surface area contributed by atoms with E-state index >= 15 is 0 Å². The predicted octanol–water partition coefficient (Wildman–Crippen LogP) is 4.36. The molecule has 1 atom stereocenters. The van der Waals surface area contributed by atoms with Crippen LogP contribution in [0.15, 0.2) is 35.1 Å². The summed E-state index contributed by atoms with van der Waals surface area (Å²) >= 11 is 3.56. The number of carbonyl (C=O) groups is 1. The molecular weight excluding hydrogens is 354 g/mol. The Morgan fingerprint density at radius 3 is 3.13 bits per heavy atom. The van der Waals surface area contributed by atoms with Gasteiger partial charge in [-0.1, -0.05) is 15.9 Å². The van der Waals surface area contributed by atoms with Gasteiger partial charge in [-0.2, -0.15) is 0 Å². The van der Waals surface area contributed by atoms with Gasteiger partial charge >= 0.3 is 0 Å². The van der Waals surface area contributed by atoms with Gasteiger partial charge in [-0.05, 0) is 43.0 Å². The first kappa shape index (κ1) is 14.7. The molecule has 0 amide bonds. The number of ketones is 1. The first-order valence-corrected chi connectivity index (χ1v) is 8.73. The van der Waals surface area contributed by atoms with Crippen molar-refractivity contribution in [1.82, 2.24) is 14.5 Å².